The van der Waals surface area contributed by atoms with Gasteiger partial charge in [0, 0.05) is 0 Å². The van der Waals surface area contributed by atoms with Gasteiger partial charge in [0.2, 0.25) is 0 Å². The molecule has 0 saturated heterocycles. The predicted molar refractivity (Wildman–Crippen MR) is 87.0 cm³/mol. The van der Waals surface area contributed by atoms with Gasteiger partial charge in [0.1, 0.15) is 24.3 Å². The molecule has 0 fully saturated rings. The quantitative estimate of drug-likeness (QED) is 0.784. The first-order valence-corrected chi connectivity index (χ1v) is 7.48. The highest BCUT2D eigenvalue weighted by Gasteiger charge is 2.14. The van der Waals surface area contributed by atoms with E-state index in [0.717, 1.165) is 16.8 Å². The molecule has 0 unspecified atom stereocenters. The smallest absolute Gasteiger partial charge is 0.138 e. The number of aliphatic hydroxyl groups excluding tert-OH is 1. The second kappa shape index (κ2) is 6.20. The lowest BCUT2D eigenvalue weighted by Gasteiger charge is -2.12. The number of ether oxygens (including phenoxy) is 1. The van der Waals surface area contributed by atoms with Gasteiger partial charge in [-0.3, -0.25) is 0 Å². The van der Waals surface area contributed by atoms with Crippen LogP contribution in [-0.2, 0) is 6.54 Å². The molecule has 0 radical (unpaired) electrons. The maximum Gasteiger partial charge on any atom is 0.138 e. The normalized spacial score (nSPS) is 12.5. The zero-order valence-corrected chi connectivity index (χ0v) is 12.9. The summed E-state index contributed by atoms with van der Waals surface area (Å²) in [5.74, 6) is 1.54. The van der Waals surface area contributed by atoms with E-state index in [-0.39, 0.29) is 0 Å². The molecule has 114 valence electrons. The fourth-order valence-electron chi connectivity index (χ4n) is 2.61. The average molecular weight is 296 g/mol. The van der Waals surface area contributed by atoms with Gasteiger partial charge < -0.3 is 14.4 Å². The molecule has 0 aliphatic carbocycles. The summed E-state index contributed by atoms with van der Waals surface area (Å²) in [6.45, 7) is 4.96. The Balaban J connectivity index is 1.79. The third-order valence-electron chi connectivity index (χ3n) is 3.63. The molecule has 1 heterocycles. The number of rotatable bonds is 5. The van der Waals surface area contributed by atoms with E-state index in [1.165, 1.54) is 5.56 Å². The molecule has 3 aromatic rings. The number of imidazole rings is 1. The summed E-state index contributed by atoms with van der Waals surface area (Å²) in [6, 6.07) is 15.9. The summed E-state index contributed by atoms with van der Waals surface area (Å²) in [5, 5.41) is 9.93. The molecule has 2 aromatic carbocycles. The summed E-state index contributed by atoms with van der Waals surface area (Å²) in [7, 11) is 0. The number of hydrogen-bond acceptors (Lipinski definition) is 3. The Hall–Kier alpha value is -2.33. The lowest BCUT2D eigenvalue weighted by Crippen LogP contribution is -2.12. The van der Waals surface area contributed by atoms with Crippen LogP contribution >= 0.6 is 0 Å². The molecule has 1 N–H and O–H groups in total. The van der Waals surface area contributed by atoms with Crippen LogP contribution in [0.15, 0.2) is 48.5 Å². The average Bonchev–Trinajstić information content (AvgIpc) is 2.87. The van der Waals surface area contributed by atoms with Crippen LogP contribution in [0.3, 0.4) is 0 Å². The van der Waals surface area contributed by atoms with Gasteiger partial charge in [-0.2, -0.15) is 0 Å². The molecule has 1 aromatic heterocycles. The zero-order chi connectivity index (χ0) is 15.5. The molecular weight excluding hydrogens is 276 g/mol. The van der Waals surface area contributed by atoms with Crippen molar-refractivity contribution in [3.63, 3.8) is 0 Å². The lowest BCUT2D eigenvalue weighted by molar-refractivity contribution is 0.181. The molecule has 22 heavy (non-hydrogen) atoms. The SMILES string of the molecule is Cc1cccc(OCCn2c([C@@H](C)O)nc3ccccc32)c1. The van der Waals surface area contributed by atoms with Crippen molar-refractivity contribution in [3.05, 3.63) is 59.9 Å². The summed E-state index contributed by atoms with van der Waals surface area (Å²) in [4.78, 5) is 4.51. The number of benzene rings is 2. The van der Waals surface area contributed by atoms with E-state index in [0.29, 0.717) is 19.0 Å². The van der Waals surface area contributed by atoms with E-state index in [1.807, 2.05) is 60.0 Å². The van der Waals surface area contributed by atoms with Gasteiger partial charge in [0.15, 0.2) is 0 Å². The van der Waals surface area contributed by atoms with E-state index in [2.05, 4.69) is 4.98 Å². The first-order chi connectivity index (χ1) is 10.6. The minimum absolute atomic E-state index is 0.531. The van der Waals surface area contributed by atoms with Crippen molar-refractivity contribution in [2.75, 3.05) is 6.61 Å². The van der Waals surface area contributed by atoms with Crippen LogP contribution in [-0.4, -0.2) is 21.3 Å². The Kier molecular flexibility index (Phi) is 4.11. The summed E-state index contributed by atoms with van der Waals surface area (Å²) >= 11 is 0. The van der Waals surface area contributed by atoms with Gasteiger partial charge in [0.05, 0.1) is 17.6 Å². The number of aryl methyl sites for hydroxylation is 1. The Morgan fingerprint density at radius 3 is 2.77 bits per heavy atom. The lowest BCUT2D eigenvalue weighted by atomic mass is 10.2. The fourth-order valence-corrected chi connectivity index (χ4v) is 2.61. The van der Waals surface area contributed by atoms with Crippen molar-refractivity contribution in [1.82, 2.24) is 9.55 Å². The maximum atomic E-state index is 9.93. The number of aromatic nitrogens is 2. The van der Waals surface area contributed by atoms with E-state index in [9.17, 15) is 5.11 Å². The summed E-state index contributed by atoms with van der Waals surface area (Å²) < 4.78 is 7.84. The third-order valence-corrected chi connectivity index (χ3v) is 3.63. The molecule has 0 amide bonds. The minimum Gasteiger partial charge on any atom is -0.492 e. The Labute approximate surface area is 130 Å². The molecule has 0 spiro atoms. The first-order valence-electron chi connectivity index (χ1n) is 7.48. The molecule has 0 saturated carbocycles. The molecule has 0 bridgehead atoms. The highest BCUT2D eigenvalue weighted by molar-refractivity contribution is 5.76. The minimum atomic E-state index is -0.605. The summed E-state index contributed by atoms with van der Waals surface area (Å²) in [5.41, 5.74) is 3.09. The van der Waals surface area contributed by atoms with Crippen molar-refractivity contribution in [2.45, 2.75) is 26.5 Å². The standard InChI is InChI=1S/C18H20N2O2/c1-13-6-5-7-15(12-13)22-11-10-20-17-9-4-3-8-16(17)19-18(20)14(2)21/h3-9,12,14,21H,10-11H2,1-2H3/t14-/m1/s1. The van der Waals surface area contributed by atoms with Crippen LogP contribution in [0, 0.1) is 6.92 Å². The van der Waals surface area contributed by atoms with Gasteiger partial charge in [0.25, 0.3) is 0 Å². The first kappa shape index (κ1) is 14.6. The number of nitrogens with zero attached hydrogens (tertiary/aromatic N) is 2. The van der Waals surface area contributed by atoms with E-state index < -0.39 is 6.10 Å². The monoisotopic (exact) mass is 296 g/mol. The highest BCUT2D eigenvalue weighted by Crippen LogP contribution is 2.21. The topological polar surface area (TPSA) is 47.3 Å². The Morgan fingerprint density at radius 2 is 2.00 bits per heavy atom. The van der Waals surface area contributed by atoms with Gasteiger partial charge >= 0.3 is 0 Å². The molecule has 4 heteroatoms. The summed E-state index contributed by atoms with van der Waals surface area (Å²) in [6.07, 6.45) is -0.605. The second-order valence-corrected chi connectivity index (χ2v) is 5.45. The molecule has 4 nitrogen and oxygen atoms in total. The van der Waals surface area contributed by atoms with E-state index >= 15 is 0 Å². The highest BCUT2D eigenvalue weighted by atomic mass is 16.5. The zero-order valence-electron chi connectivity index (χ0n) is 12.9. The number of hydrogen-bond donors (Lipinski definition) is 1. The molecule has 1 atom stereocenters. The van der Waals surface area contributed by atoms with Crippen LogP contribution in [0.5, 0.6) is 5.75 Å². The van der Waals surface area contributed by atoms with Crippen LogP contribution in [0.1, 0.15) is 24.4 Å². The van der Waals surface area contributed by atoms with Crippen molar-refractivity contribution in [2.24, 2.45) is 0 Å². The van der Waals surface area contributed by atoms with E-state index in [4.69, 9.17) is 4.74 Å². The fraction of sp³-hybridized carbons (Fsp3) is 0.278. The molecule has 0 aliphatic rings. The van der Waals surface area contributed by atoms with Crippen LogP contribution in [0.4, 0.5) is 0 Å². The van der Waals surface area contributed by atoms with Crippen molar-refractivity contribution >= 4 is 11.0 Å². The molecule has 3 rings (SSSR count). The van der Waals surface area contributed by atoms with Crippen LogP contribution < -0.4 is 4.74 Å². The Morgan fingerprint density at radius 1 is 1.18 bits per heavy atom. The molecule has 0 aliphatic heterocycles. The number of fused-ring (bicyclic) bond motifs is 1. The van der Waals surface area contributed by atoms with Crippen molar-refractivity contribution in [1.29, 1.82) is 0 Å². The van der Waals surface area contributed by atoms with Crippen LogP contribution in [0.2, 0.25) is 0 Å². The van der Waals surface area contributed by atoms with Gasteiger partial charge in [-0.15, -0.1) is 0 Å². The Bertz CT molecular complexity index is 778. The largest absolute Gasteiger partial charge is 0.492 e. The number of aliphatic hydroxyl groups is 1. The van der Waals surface area contributed by atoms with E-state index in [1.54, 1.807) is 6.92 Å². The van der Waals surface area contributed by atoms with Gasteiger partial charge in [-0.25, -0.2) is 4.98 Å². The van der Waals surface area contributed by atoms with Gasteiger partial charge in [-0.1, -0.05) is 24.3 Å². The van der Waals surface area contributed by atoms with Crippen molar-refractivity contribution < 1.29 is 9.84 Å². The number of para-hydroxylation sites is 2. The van der Waals surface area contributed by atoms with Gasteiger partial charge in [-0.05, 0) is 43.7 Å². The second-order valence-electron chi connectivity index (χ2n) is 5.45. The van der Waals surface area contributed by atoms with Crippen LogP contribution in [0.25, 0.3) is 11.0 Å². The predicted octanol–water partition coefficient (Wildman–Crippen LogP) is 3.48. The molecular formula is C18H20N2O2. The maximum absolute atomic E-state index is 9.93. The van der Waals surface area contributed by atoms with Crippen molar-refractivity contribution in [3.8, 4) is 5.75 Å². The third kappa shape index (κ3) is 2.97.